The molecule has 3 aromatic rings. The van der Waals surface area contributed by atoms with Crippen LogP contribution in [0.4, 0.5) is 8.78 Å². The smallest absolute Gasteiger partial charge is 0.248 e. The highest BCUT2D eigenvalue weighted by Gasteiger charge is 2.38. The lowest BCUT2D eigenvalue weighted by atomic mass is 9.96. The van der Waals surface area contributed by atoms with E-state index in [9.17, 15) is 22.0 Å². The Hall–Kier alpha value is -3.37. The predicted octanol–water partition coefficient (Wildman–Crippen LogP) is 5.16. The van der Waals surface area contributed by atoms with Crippen LogP contribution in [0.5, 0.6) is 0 Å². The van der Waals surface area contributed by atoms with E-state index >= 15 is 0 Å². The van der Waals surface area contributed by atoms with E-state index < -0.39 is 21.7 Å². The van der Waals surface area contributed by atoms with Gasteiger partial charge in [0.15, 0.2) is 10.7 Å². The van der Waals surface area contributed by atoms with Gasteiger partial charge in [-0.15, -0.1) is 0 Å². The number of hydrogen-bond donors (Lipinski definition) is 0. The first-order chi connectivity index (χ1) is 18.6. The van der Waals surface area contributed by atoms with Crippen LogP contribution in [0.2, 0.25) is 0 Å². The first kappa shape index (κ1) is 27.2. The highest BCUT2D eigenvalue weighted by atomic mass is 32.2. The van der Waals surface area contributed by atoms with E-state index in [0.717, 1.165) is 18.6 Å². The molecule has 7 nitrogen and oxygen atoms in total. The molecule has 0 spiro atoms. The molecule has 2 saturated heterocycles. The third kappa shape index (κ3) is 5.67. The number of amides is 1. The molecule has 1 atom stereocenters. The minimum atomic E-state index is -3.97. The molecule has 0 bridgehead atoms. The lowest BCUT2D eigenvalue weighted by Crippen LogP contribution is -2.44. The molecule has 5 rings (SSSR count). The van der Waals surface area contributed by atoms with Gasteiger partial charge in [0.1, 0.15) is 17.3 Å². The number of halogens is 2. The van der Waals surface area contributed by atoms with Gasteiger partial charge in [-0.2, -0.15) is 4.31 Å². The van der Waals surface area contributed by atoms with Crippen LogP contribution in [0.3, 0.4) is 0 Å². The summed E-state index contributed by atoms with van der Waals surface area (Å²) in [6, 6.07) is 11.6. The predicted molar refractivity (Wildman–Crippen MR) is 143 cm³/mol. The lowest BCUT2D eigenvalue weighted by molar-refractivity contribution is -0.135. The van der Waals surface area contributed by atoms with E-state index in [1.807, 2.05) is 4.90 Å². The van der Waals surface area contributed by atoms with Gasteiger partial charge in [-0.3, -0.25) is 4.79 Å². The highest BCUT2D eigenvalue weighted by molar-refractivity contribution is 7.89. The lowest BCUT2D eigenvalue weighted by Gasteiger charge is -2.32. The number of aryl methyl sites for hydroxylation is 2. The molecule has 0 radical (unpaired) electrons. The van der Waals surface area contributed by atoms with Crippen molar-refractivity contribution < 1.29 is 26.5 Å². The molecule has 2 aliphatic heterocycles. The molecule has 3 heterocycles. The minimum absolute atomic E-state index is 0.0337. The Morgan fingerprint density at radius 1 is 1.00 bits per heavy atom. The van der Waals surface area contributed by atoms with Gasteiger partial charge >= 0.3 is 0 Å². The summed E-state index contributed by atoms with van der Waals surface area (Å²) in [5, 5.41) is 3.81. The molecule has 2 fully saturated rings. The molecule has 0 unspecified atom stereocenters. The summed E-state index contributed by atoms with van der Waals surface area (Å²) in [7, 11) is -3.97. The van der Waals surface area contributed by atoms with Crippen LogP contribution < -0.4 is 0 Å². The van der Waals surface area contributed by atoms with Crippen molar-refractivity contribution in [1.29, 1.82) is 0 Å². The Kier molecular flexibility index (Phi) is 7.68. The molecular formula is C29H31F2N3O4S. The second-order valence-electron chi connectivity index (χ2n) is 10.3. The summed E-state index contributed by atoms with van der Waals surface area (Å²) in [5.74, 6) is -1.33. The van der Waals surface area contributed by atoms with Crippen LogP contribution in [0.15, 0.2) is 51.9 Å². The second kappa shape index (κ2) is 11.0. The van der Waals surface area contributed by atoms with Crippen molar-refractivity contribution in [3.05, 3.63) is 82.2 Å². The number of nitrogens with zero attached hydrogens (tertiary/aromatic N) is 3. The van der Waals surface area contributed by atoms with E-state index in [1.165, 1.54) is 40.6 Å². The van der Waals surface area contributed by atoms with Gasteiger partial charge in [-0.1, -0.05) is 35.0 Å². The number of aromatic nitrogens is 1. The minimum Gasteiger partial charge on any atom is -0.355 e. The standard InChI is InChI=1S/C29H31F2N3O4S/c1-19-3-5-21(6-4-19)24-11-14-33(18-24)29(35)23-12-15-34(16-13-23)39(36,37)28-20(2)32-38-27(28)10-8-22-7-9-25(30)17-26(22)31/h3-10,17,23-24H,11-16,18H2,1-2H3/b10-8+/t24-/m0/s1. The Labute approximate surface area is 227 Å². The fourth-order valence-corrected chi connectivity index (χ4v) is 7.12. The van der Waals surface area contributed by atoms with Gasteiger partial charge in [-0.25, -0.2) is 17.2 Å². The highest BCUT2D eigenvalue weighted by Crippen LogP contribution is 2.32. The number of carbonyl (C=O) groups excluding carboxylic acids is 1. The maximum Gasteiger partial charge on any atom is 0.248 e. The summed E-state index contributed by atoms with van der Waals surface area (Å²) in [5.41, 5.74) is 2.72. The van der Waals surface area contributed by atoms with E-state index in [4.69, 9.17) is 4.52 Å². The van der Waals surface area contributed by atoms with Crippen LogP contribution in [-0.4, -0.2) is 54.9 Å². The van der Waals surface area contributed by atoms with Crippen molar-refractivity contribution in [2.24, 2.45) is 5.92 Å². The van der Waals surface area contributed by atoms with Crippen LogP contribution in [0.25, 0.3) is 12.2 Å². The zero-order valence-corrected chi connectivity index (χ0v) is 22.8. The topological polar surface area (TPSA) is 83.7 Å². The largest absolute Gasteiger partial charge is 0.355 e. The number of rotatable bonds is 6. The number of piperidine rings is 1. The van der Waals surface area contributed by atoms with Crippen LogP contribution in [-0.2, 0) is 14.8 Å². The summed E-state index contributed by atoms with van der Waals surface area (Å²) < 4.78 is 60.9. The van der Waals surface area contributed by atoms with Crippen LogP contribution >= 0.6 is 0 Å². The average Bonchev–Trinajstić information content (AvgIpc) is 3.56. The maximum atomic E-state index is 14.0. The van der Waals surface area contributed by atoms with Crippen molar-refractivity contribution in [3.8, 4) is 0 Å². The van der Waals surface area contributed by atoms with E-state index in [2.05, 4.69) is 36.3 Å². The van der Waals surface area contributed by atoms with Crippen molar-refractivity contribution in [1.82, 2.24) is 14.4 Å². The first-order valence-corrected chi connectivity index (χ1v) is 14.5. The molecule has 0 N–H and O–H groups in total. The molecule has 39 heavy (non-hydrogen) atoms. The average molecular weight is 556 g/mol. The van der Waals surface area contributed by atoms with Gasteiger partial charge in [0, 0.05) is 49.6 Å². The number of sulfonamides is 1. The SMILES string of the molecule is Cc1ccc([C@H]2CCN(C(=O)C3CCN(S(=O)(=O)c4c(C)noc4/C=C/c4ccc(F)cc4F)CC3)C2)cc1. The van der Waals surface area contributed by atoms with Crippen LogP contribution in [0.1, 0.15) is 53.3 Å². The Bertz CT molecular complexity index is 1490. The molecule has 0 saturated carbocycles. The van der Waals surface area contributed by atoms with Crippen molar-refractivity contribution in [2.45, 2.75) is 43.9 Å². The molecule has 206 valence electrons. The Balaban J connectivity index is 1.23. The number of hydrogen-bond acceptors (Lipinski definition) is 5. The summed E-state index contributed by atoms with van der Waals surface area (Å²) >= 11 is 0. The van der Waals surface area contributed by atoms with Crippen molar-refractivity contribution in [2.75, 3.05) is 26.2 Å². The van der Waals surface area contributed by atoms with Crippen molar-refractivity contribution in [3.63, 3.8) is 0 Å². The quantitative estimate of drug-likeness (QED) is 0.420. The van der Waals surface area contributed by atoms with Crippen molar-refractivity contribution >= 4 is 28.1 Å². The molecule has 10 heteroatoms. The fraction of sp³-hybridized carbons (Fsp3) is 0.379. The monoisotopic (exact) mass is 555 g/mol. The fourth-order valence-electron chi connectivity index (χ4n) is 5.40. The molecular weight excluding hydrogens is 524 g/mol. The summed E-state index contributed by atoms with van der Waals surface area (Å²) in [6.45, 7) is 5.38. The molecule has 2 aliphatic rings. The normalized spacial score (nSPS) is 19.3. The second-order valence-corrected chi connectivity index (χ2v) is 12.2. The maximum absolute atomic E-state index is 14.0. The van der Waals surface area contributed by atoms with Crippen LogP contribution in [0, 0.1) is 31.4 Å². The number of benzene rings is 2. The Morgan fingerprint density at radius 3 is 2.41 bits per heavy atom. The van der Waals surface area contributed by atoms with Gasteiger partial charge in [-0.05, 0) is 63.0 Å². The van der Waals surface area contributed by atoms with Gasteiger partial charge in [0.2, 0.25) is 15.9 Å². The molecule has 1 aromatic heterocycles. The third-order valence-electron chi connectivity index (χ3n) is 7.66. The van der Waals surface area contributed by atoms with E-state index in [0.29, 0.717) is 31.8 Å². The van der Waals surface area contributed by atoms with Gasteiger partial charge in [0.25, 0.3) is 0 Å². The first-order valence-electron chi connectivity index (χ1n) is 13.1. The molecule has 1 amide bonds. The molecule has 0 aliphatic carbocycles. The summed E-state index contributed by atoms with van der Waals surface area (Å²) in [4.78, 5) is 15.1. The Morgan fingerprint density at radius 2 is 1.72 bits per heavy atom. The van der Waals surface area contributed by atoms with E-state index in [1.54, 1.807) is 0 Å². The van der Waals surface area contributed by atoms with Gasteiger partial charge in [0.05, 0.1) is 0 Å². The zero-order valence-electron chi connectivity index (χ0n) is 21.9. The summed E-state index contributed by atoms with van der Waals surface area (Å²) in [6.07, 6.45) is 4.42. The third-order valence-corrected chi connectivity index (χ3v) is 9.72. The van der Waals surface area contributed by atoms with Gasteiger partial charge < -0.3 is 9.42 Å². The van der Waals surface area contributed by atoms with E-state index in [-0.39, 0.29) is 46.8 Å². The zero-order chi connectivity index (χ0) is 27.7. The molecule has 2 aromatic carbocycles. The number of carbonyl (C=O) groups is 1. The number of likely N-dealkylation sites (tertiary alicyclic amines) is 1.